The zero-order chi connectivity index (χ0) is 17.5. The first kappa shape index (κ1) is 18.2. The van der Waals surface area contributed by atoms with Crippen LogP contribution in [0.1, 0.15) is 20.3 Å². The molecule has 0 heterocycles. The first-order valence-electron chi connectivity index (χ1n) is 7.71. The molecule has 5 nitrogen and oxygen atoms in total. The van der Waals surface area contributed by atoms with E-state index in [9.17, 15) is 9.00 Å². The van der Waals surface area contributed by atoms with Crippen LogP contribution in [0.5, 0.6) is 11.5 Å². The van der Waals surface area contributed by atoms with Crippen molar-refractivity contribution >= 4 is 16.5 Å². The smallest absolute Gasteiger partial charge is 0.239 e. The molecule has 1 amide bonds. The Morgan fingerprint density at radius 2 is 1.79 bits per heavy atom. The molecule has 0 aliphatic heterocycles. The third-order valence-corrected chi connectivity index (χ3v) is 4.20. The second-order valence-corrected chi connectivity index (χ2v) is 6.96. The minimum Gasteiger partial charge on any atom is -0.457 e. The van der Waals surface area contributed by atoms with Gasteiger partial charge in [-0.3, -0.25) is 4.79 Å². The van der Waals surface area contributed by atoms with E-state index in [1.807, 2.05) is 44.2 Å². The first-order chi connectivity index (χ1) is 11.5. The van der Waals surface area contributed by atoms with E-state index < -0.39 is 22.5 Å². The monoisotopic (exact) mass is 345 g/mol. The molecule has 2 aromatic rings. The lowest BCUT2D eigenvalue weighted by atomic mass is 10.0. The molecule has 0 unspecified atom stereocenters. The molecule has 0 fully saturated rings. The zero-order valence-electron chi connectivity index (χ0n) is 13.7. The van der Waals surface area contributed by atoms with E-state index in [-0.39, 0.29) is 5.92 Å². The maximum atomic E-state index is 12.3. The van der Waals surface area contributed by atoms with Gasteiger partial charge in [-0.1, -0.05) is 49.1 Å². The lowest BCUT2D eigenvalue weighted by Crippen LogP contribution is -2.30. The number of ether oxygens (including phenoxy) is 1. The Labute approximate surface area is 144 Å². The van der Waals surface area contributed by atoms with Crippen molar-refractivity contribution in [2.45, 2.75) is 31.2 Å². The molecular weight excluding hydrogens is 324 g/mol. The average Bonchev–Trinajstić information content (AvgIpc) is 2.55. The summed E-state index contributed by atoms with van der Waals surface area (Å²) in [5, 5.41) is 0. The minimum absolute atomic E-state index is 0.273. The Hall–Kier alpha value is -2.18. The van der Waals surface area contributed by atoms with Gasteiger partial charge >= 0.3 is 0 Å². The van der Waals surface area contributed by atoms with Crippen LogP contribution in [0, 0.1) is 5.92 Å². The molecule has 2 rings (SSSR count). The number of nitrogens with two attached hydrogens (primary N) is 1. The van der Waals surface area contributed by atoms with E-state index in [4.69, 9.17) is 10.5 Å². The predicted molar refractivity (Wildman–Crippen MR) is 94.1 cm³/mol. The van der Waals surface area contributed by atoms with Crippen molar-refractivity contribution < 1.29 is 13.7 Å². The van der Waals surface area contributed by atoms with E-state index in [1.54, 1.807) is 24.3 Å². The molecule has 0 spiro atoms. The van der Waals surface area contributed by atoms with Crippen molar-refractivity contribution in [1.82, 2.24) is 0 Å². The third-order valence-electron chi connectivity index (χ3n) is 3.20. The molecular formula is C18H21N2O3S-. The number of carbonyl (C=O) groups is 1. The number of hydrogen-bond donors (Lipinski definition) is 1. The largest absolute Gasteiger partial charge is 0.457 e. The Morgan fingerprint density at radius 3 is 2.46 bits per heavy atom. The molecule has 0 aromatic heterocycles. The van der Waals surface area contributed by atoms with Crippen LogP contribution in [0.15, 0.2) is 63.9 Å². The van der Waals surface area contributed by atoms with Gasteiger partial charge in [0.15, 0.2) is 0 Å². The molecule has 2 N–H and O–H groups in total. The SMILES string of the molecule is CC(C)C[C@H](N)C(=O)N=[S-](=O)c1cccc(Oc2ccccc2)c1. The summed E-state index contributed by atoms with van der Waals surface area (Å²) in [6, 6.07) is 15.2. The normalized spacial score (nSPS) is 13.7. The number of nitrogens with zero attached hydrogens (tertiary/aromatic N) is 1. The number of rotatable bonds is 6. The molecule has 0 saturated carbocycles. The van der Waals surface area contributed by atoms with Crippen molar-refractivity contribution in [1.29, 1.82) is 0 Å². The van der Waals surface area contributed by atoms with E-state index in [2.05, 4.69) is 4.36 Å². The van der Waals surface area contributed by atoms with Crippen molar-refractivity contribution in [3.05, 3.63) is 54.6 Å². The highest BCUT2D eigenvalue weighted by atomic mass is 32.2. The van der Waals surface area contributed by atoms with Crippen LogP contribution >= 0.6 is 0 Å². The average molecular weight is 345 g/mol. The van der Waals surface area contributed by atoms with E-state index in [0.717, 1.165) is 0 Å². The molecule has 0 radical (unpaired) electrons. The number of hydrogen-bond acceptors (Lipinski definition) is 5. The Balaban J connectivity index is 2.14. The number of para-hydroxylation sites is 1. The van der Waals surface area contributed by atoms with E-state index in [1.165, 1.54) is 0 Å². The molecule has 1 atom stereocenters. The predicted octanol–water partition coefficient (Wildman–Crippen LogP) is 3.89. The summed E-state index contributed by atoms with van der Waals surface area (Å²) in [7, 11) is -1.80. The molecule has 0 aliphatic rings. The second-order valence-electron chi connectivity index (χ2n) is 5.80. The van der Waals surface area contributed by atoms with Crippen LogP contribution < -0.4 is 10.5 Å². The molecule has 24 heavy (non-hydrogen) atoms. The van der Waals surface area contributed by atoms with Crippen LogP contribution in [0.2, 0.25) is 0 Å². The Kier molecular flexibility index (Phi) is 6.52. The summed E-state index contributed by atoms with van der Waals surface area (Å²) in [5.41, 5.74) is 5.77. The van der Waals surface area contributed by atoms with Crippen molar-refractivity contribution in [2.24, 2.45) is 16.0 Å². The maximum absolute atomic E-state index is 12.3. The van der Waals surface area contributed by atoms with Gasteiger partial charge in [0, 0.05) is 0 Å². The maximum Gasteiger partial charge on any atom is 0.239 e. The zero-order valence-corrected chi connectivity index (χ0v) is 14.5. The molecule has 2 aromatic carbocycles. The summed E-state index contributed by atoms with van der Waals surface area (Å²) < 4.78 is 21.7. The highest BCUT2D eigenvalue weighted by Crippen LogP contribution is 2.22. The number of carbonyl (C=O) groups excluding carboxylic acids is 1. The first-order valence-corrected chi connectivity index (χ1v) is 8.82. The van der Waals surface area contributed by atoms with Gasteiger partial charge in [-0.05, 0) is 36.6 Å². The highest BCUT2D eigenvalue weighted by Gasteiger charge is 2.11. The van der Waals surface area contributed by atoms with Crippen molar-refractivity contribution in [2.75, 3.05) is 0 Å². The van der Waals surface area contributed by atoms with Crippen molar-refractivity contribution in [3.8, 4) is 11.5 Å². The van der Waals surface area contributed by atoms with Gasteiger partial charge in [0.1, 0.15) is 11.5 Å². The molecule has 6 heteroatoms. The summed E-state index contributed by atoms with van der Waals surface area (Å²) in [5.74, 6) is 0.931. The van der Waals surface area contributed by atoms with Crippen LogP contribution in [0.4, 0.5) is 0 Å². The van der Waals surface area contributed by atoms with E-state index >= 15 is 0 Å². The van der Waals surface area contributed by atoms with Gasteiger partial charge in [-0.15, -0.1) is 0 Å². The second kappa shape index (κ2) is 8.61. The standard InChI is InChI=1S/C18H21N2O3S/c1-13(2)11-17(19)18(21)20-24(22)16-10-6-9-15(12-16)23-14-7-4-3-5-8-14/h3-10,12-13,17H,11,19H2,1-2H3/q-1/t17-/m0/s1. The number of amides is 1. The lowest BCUT2D eigenvalue weighted by molar-refractivity contribution is -0.119. The fourth-order valence-electron chi connectivity index (χ4n) is 2.08. The molecule has 0 aliphatic carbocycles. The quantitative estimate of drug-likeness (QED) is 0.805. The summed E-state index contributed by atoms with van der Waals surface area (Å²) in [6.45, 7) is 3.93. The fraction of sp³-hybridized carbons (Fsp3) is 0.278. The van der Waals surface area contributed by atoms with Crippen LogP contribution in [0.3, 0.4) is 0 Å². The van der Waals surface area contributed by atoms with Gasteiger partial charge in [0.25, 0.3) is 0 Å². The Bertz CT molecular complexity index is 769. The van der Waals surface area contributed by atoms with Crippen molar-refractivity contribution in [3.63, 3.8) is 0 Å². The Morgan fingerprint density at radius 1 is 1.12 bits per heavy atom. The summed E-state index contributed by atoms with van der Waals surface area (Å²) >= 11 is 0. The van der Waals surface area contributed by atoms with E-state index in [0.29, 0.717) is 22.8 Å². The van der Waals surface area contributed by atoms with Gasteiger partial charge < -0.3 is 19.0 Å². The van der Waals surface area contributed by atoms with Crippen LogP contribution in [-0.4, -0.2) is 11.9 Å². The van der Waals surface area contributed by atoms with Crippen LogP contribution in [-0.2, 0) is 19.6 Å². The summed E-state index contributed by atoms with van der Waals surface area (Å²) in [6.07, 6.45) is 0.511. The van der Waals surface area contributed by atoms with Gasteiger partial charge in [-0.2, -0.15) is 10.6 Å². The number of benzene rings is 2. The molecule has 128 valence electrons. The van der Waals surface area contributed by atoms with Gasteiger partial charge in [0.2, 0.25) is 5.91 Å². The lowest BCUT2D eigenvalue weighted by Gasteiger charge is -2.13. The topological polar surface area (TPSA) is 81.8 Å². The highest BCUT2D eigenvalue weighted by molar-refractivity contribution is 7.75. The summed E-state index contributed by atoms with van der Waals surface area (Å²) in [4.78, 5) is 12.3. The van der Waals surface area contributed by atoms with Crippen LogP contribution in [0.25, 0.3) is 0 Å². The van der Waals surface area contributed by atoms with Gasteiger partial charge in [0.05, 0.1) is 6.04 Å². The fourth-order valence-corrected chi connectivity index (χ4v) is 2.90. The molecule has 0 saturated heterocycles. The van der Waals surface area contributed by atoms with Gasteiger partial charge in [-0.25, -0.2) is 0 Å². The third kappa shape index (κ3) is 5.47. The molecule has 0 bridgehead atoms. The minimum atomic E-state index is -1.80.